The molecule has 3 atom stereocenters. The van der Waals surface area contributed by atoms with Gasteiger partial charge < -0.3 is 10.2 Å². The Balaban J connectivity index is 1.11. The SMILES string of the molecule is CC1CCC(C(=O)N2CCC(CCCCNC(=O)c3cc4ccncc4s3)CC2)CC1F. The van der Waals surface area contributed by atoms with Crippen LogP contribution in [0, 0.1) is 17.8 Å². The Bertz CT molecular complexity index is 892. The number of fused-ring (bicyclic) bond motifs is 1. The Kier molecular flexibility index (Phi) is 7.76. The van der Waals surface area contributed by atoms with Crippen LogP contribution in [0.2, 0.25) is 0 Å². The van der Waals surface area contributed by atoms with Gasteiger partial charge in [0.1, 0.15) is 6.17 Å². The van der Waals surface area contributed by atoms with Crippen molar-refractivity contribution in [1.29, 1.82) is 0 Å². The minimum Gasteiger partial charge on any atom is -0.351 e. The van der Waals surface area contributed by atoms with E-state index in [4.69, 9.17) is 0 Å². The van der Waals surface area contributed by atoms with Crippen LogP contribution in [0.1, 0.15) is 68.0 Å². The number of hydrogen-bond donors (Lipinski definition) is 1. The molecule has 0 radical (unpaired) electrons. The van der Waals surface area contributed by atoms with E-state index in [9.17, 15) is 14.0 Å². The van der Waals surface area contributed by atoms with Crippen molar-refractivity contribution >= 4 is 33.2 Å². The summed E-state index contributed by atoms with van der Waals surface area (Å²) in [6, 6.07) is 3.85. The maximum atomic E-state index is 14.0. The highest BCUT2D eigenvalue weighted by Gasteiger charge is 2.34. The van der Waals surface area contributed by atoms with Gasteiger partial charge in [-0.2, -0.15) is 0 Å². The largest absolute Gasteiger partial charge is 0.351 e. The van der Waals surface area contributed by atoms with Crippen molar-refractivity contribution in [3.8, 4) is 0 Å². The number of amides is 2. The summed E-state index contributed by atoms with van der Waals surface area (Å²) in [5.74, 6) is 0.795. The van der Waals surface area contributed by atoms with Crippen molar-refractivity contribution in [3.05, 3.63) is 29.4 Å². The summed E-state index contributed by atoms with van der Waals surface area (Å²) >= 11 is 1.48. The Hall–Kier alpha value is -2.02. The molecule has 0 aromatic carbocycles. The molecule has 174 valence electrons. The molecular weight excluding hydrogens is 425 g/mol. The highest BCUT2D eigenvalue weighted by molar-refractivity contribution is 7.20. The zero-order chi connectivity index (χ0) is 22.5. The number of pyridine rings is 1. The van der Waals surface area contributed by atoms with Crippen LogP contribution in [-0.4, -0.2) is 47.5 Å². The average molecular weight is 460 g/mol. The van der Waals surface area contributed by atoms with Crippen molar-refractivity contribution < 1.29 is 14.0 Å². The van der Waals surface area contributed by atoms with Gasteiger partial charge in [-0.15, -0.1) is 11.3 Å². The molecule has 7 heteroatoms. The third-order valence-corrected chi connectivity index (χ3v) is 8.33. The molecule has 2 aromatic rings. The summed E-state index contributed by atoms with van der Waals surface area (Å²) in [4.78, 5) is 31.9. The maximum Gasteiger partial charge on any atom is 0.261 e. The lowest BCUT2D eigenvalue weighted by molar-refractivity contribution is -0.139. The molecule has 1 aliphatic heterocycles. The molecule has 32 heavy (non-hydrogen) atoms. The molecule has 0 bridgehead atoms. The number of carbonyl (C=O) groups is 2. The minimum absolute atomic E-state index is 0.00866. The lowest BCUT2D eigenvalue weighted by Gasteiger charge is -2.36. The number of carbonyl (C=O) groups excluding carboxylic acids is 2. The van der Waals surface area contributed by atoms with Gasteiger partial charge >= 0.3 is 0 Å². The Morgan fingerprint density at radius 3 is 2.78 bits per heavy atom. The molecule has 5 nitrogen and oxygen atoms in total. The van der Waals surface area contributed by atoms with Crippen LogP contribution in [0.4, 0.5) is 4.39 Å². The first-order valence-electron chi connectivity index (χ1n) is 12.1. The normalized spacial score (nSPS) is 24.6. The second-order valence-corrected chi connectivity index (χ2v) is 10.6. The Morgan fingerprint density at radius 1 is 1.22 bits per heavy atom. The lowest BCUT2D eigenvalue weighted by atomic mass is 9.80. The van der Waals surface area contributed by atoms with Gasteiger partial charge in [0.05, 0.1) is 9.58 Å². The second-order valence-electron chi connectivity index (χ2n) is 9.55. The summed E-state index contributed by atoms with van der Waals surface area (Å²) in [7, 11) is 0. The quantitative estimate of drug-likeness (QED) is 0.578. The molecule has 1 saturated carbocycles. The Morgan fingerprint density at radius 2 is 2.03 bits per heavy atom. The summed E-state index contributed by atoms with van der Waals surface area (Å²) < 4.78 is 15.0. The average Bonchev–Trinajstić information content (AvgIpc) is 3.25. The van der Waals surface area contributed by atoms with Gasteiger partial charge in [0.2, 0.25) is 5.91 Å². The standard InChI is InChI=1S/C25H34FN3O2S/c1-17-5-6-20(14-21(17)26)25(31)29-12-8-18(9-13-29)4-2-3-10-28-24(30)22-15-19-7-11-27-16-23(19)32-22/h7,11,15-18,20-21H,2-6,8-10,12-14H2,1H3,(H,28,30). The molecule has 3 heterocycles. The number of alkyl halides is 1. The fourth-order valence-electron chi connectivity index (χ4n) is 5.03. The molecule has 2 aromatic heterocycles. The Labute approximate surface area is 193 Å². The number of aromatic nitrogens is 1. The van der Waals surface area contributed by atoms with Crippen molar-refractivity contribution in [3.63, 3.8) is 0 Å². The van der Waals surface area contributed by atoms with Gasteiger partial charge in [0, 0.05) is 37.9 Å². The van der Waals surface area contributed by atoms with Crippen LogP contribution in [0.25, 0.3) is 10.1 Å². The number of nitrogens with zero attached hydrogens (tertiary/aromatic N) is 2. The van der Waals surface area contributed by atoms with E-state index in [2.05, 4.69) is 10.3 Å². The predicted octanol–water partition coefficient (Wildman–Crippen LogP) is 5.21. The number of unbranched alkanes of at least 4 members (excludes halogenated alkanes) is 1. The van der Waals surface area contributed by atoms with Gasteiger partial charge in [-0.25, -0.2) is 4.39 Å². The number of likely N-dealkylation sites (tertiary alicyclic amines) is 1. The van der Waals surface area contributed by atoms with Gasteiger partial charge in [-0.3, -0.25) is 14.6 Å². The number of halogens is 1. The summed E-state index contributed by atoms with van der Waals surface area (Å²) in [5.41, 5.74) is 0. The van der Waals surface area contributed by atoms with E-state index in [1.807, 2.05) is 24.0 Å². The van der Waals surface area contributed by atoms with Gasteiger partial charge in [0.15, 0.2) is 0 Å². The molecule has 2 fully saturated rings. The first-order valence-corrected chi connectivity index (χ1v) is 12.9. The monoisotopic (exact) mass is 459 g/mol. The van der Waals surface area contributed by atoms with E-state index in [1.54, 1.807) is 12.4 Å². The van der Waals surface area contributed by atoms with Gasteiger partial charge in [-0.05, 0) is 67.9 Å². The zero-order valence-electron chi connectivity index (χ0n) is 18.9. The topological polar surface area (TPSA) is 62.3 Å². The maximum absolute atomic E-state index is 14.0. The lowest BCUT2D eigenvalue weighted by Crippen LogP contribution is -2.44. The van der Waals surface area contributed by atoms with Crippen LogP contribution in [0.5, 0.6) is 0 Å². The first kappa shape index (κ1) is 23.1. The first-order chi connectivity index (χ1) is 15.5. The van der Waals surface area contributed by atoms with E-state index in [0.29, 0.717) is 18.9 Å². The van der Waals surface area contributed by atoms with Gasteiger partial charge in [-0.1, -0.05) is 19.8 Å². The van der Waals surface area contributed by atoms with Crippen molar-refractivity contribution in [1.82, 2.24) is 15.2 Å². The van der Waals surface area contributed by atoms with Crippen LogP contribution in [-0.2, 0) is 4.79 Å². The van der Waals surface area contributed by atoms with E-state index < -0.39 is 6.17 Å². The van der Waals surface area contributed by atoms with Crippen molar-refractivity contribution in [2.24, 2.45) is 17.8 Å². The summed E-state index contributed by atoms with van der Waals surface area (Å²) in [6.07, 6.45) is 10.0. The van der Waals surface area contributed by atoms with Crippen LogP contribution in [0.15, 0.2) is 24.5 Å². The number of rotatable bonds is 7. The fourth-order valence-corrected chi connectivity index (χ4v) is 5.98. The summed E-state index contributed by atoms with van der Waals surface area (Å²) in [6.45, 7) is 4.26. The van der Waals surface area contributed by atoms with Crippen LogP contribution < -0.4 is 5.32 Å². The van der Waals surface area contributed by atoms with Crippen LogP contribution in [0.3, 0.4) is 0 Å². The predicted molar refractivity (Wildman–Crippen MR) is 127 cm³/mol. The van der Waals surface area contributed by atoms with Crippen LogP contribution >= 0.6 is 11.3 Å². The van der Waals surface area contributed by atoms with Crippen molar-refractivity contribution in [2.75, 3.05) is 19.6 Å². The highest BCUT2D eigenvalue weighted by atomic mass is 32.1. The van der Waals surface area contributed by atoms with E-state index in [-0.39, 0.29) is 23.7 Å². The molecule has 2 aliphatic rings. The molecule has 3 unspecified atom stereocenters. The molecule has 1 saturated heterocycles. The molecule has 1 N–H and O–H groups in total. The van der Waals surface area contributed by atoms with E-state index >= 15 is 0 Å². The number of nitrogens with one attached hydrogen (secondary N) is 1. The number of piperidine rings is 1. The molecule has 4 rings (SSSR count). The van der Waals surface area contributed by atoms with Crippen molar-refractivity contribution in [2.45, 2.75) is 64.5 Å². The molecular formula is C25H34FN3O2S. The third kappa shape index (κ3) is 5.66. The third-order valence-electron chi connectivity index (χ3n) is 7.24. The highest BCUT2D eigenvalue weighted by Crippen LogP contribution is 2.33. The molecule has 2 amide bonds. The van der Waals surface area contributed by atoms with Gasteiger partial charge in [0.25, 0.3) is 5.91 Å². The minimum atomic E-state index is -0.827. The molecule has 0 spiro atoms. The molecule has 1 aliphatic carbocycles. The smallest absolute Gasteiger partial charge is 0.261 e. The number of hydrogen-bond acceptors (Lipinski definition) is 4. The zero-order valence-corrected chi connectivity index (χ0v) is 19.7. The summed E-state index contributed by atoms with van der Waals surface area (Å²) in [5, 5.41) is 4.09. The van der Waals surface area contributed by atoms with E-state index in [1.165, 1.54) is 11.3 Å². The fraction of sp³-hybridized carbons (Fsp3) is 0.640. The second kappa shape index (κ2) is 10.7. The number of thiophene rings is 1. The van der Waals surface area contributed by atoms with E-state index in [0.717, 1.165) is 73.0 Å².